The molecule has 0 aliphatic heterocycles. The number of pyridine rings is 1. The van der Waals surface area contributed by atoms with Gasteiger partial charge < -0.3 is 9.30 Å². The number of methoxy groups -OCH3 is 1. The number of fused-ring (bicyclic) bond motifs is 1. The van der Waals surface area contributed by atoms with Gasteiger partial charge in [0.25, 0.3) is 0 Å². The van der Waals surface area contributed by atoms with Gasteiger partial charge in [-0.15, -0.1) is 11.6 Å². The minimum Gasteiger partial charge on any atom is -0.385 e. The molecule has 0 bridgehead atoms. The number of aromatic nitrogens is 3. The molecule has 0 N–H and O–H groups in total. The molecule has 0 spiro atoms. The number of imidazole rings is 1. The quantitative estimate of drug-likeness (QED) is 0.791. The summed E-state index contributed by atoms with van der Waals surface area (Å²) in [5, 5.41) is 0.598. The molecule has 0 aliphatic carbocycles. The number of rotatable bonds is 5. The van der Waals surface area contributed by atoms with Crippen molar-refractivity contribution >= 4 is 34.2 Å². The fourth-order valence-corrected chi connectivity index (χ4v) is 2.48. The second kappa shape index (κ2) is 5.87. The highest BCUT2D eigenvalue weighted by molar-refractivity contribution is 6.34. The van der Waals surface area contributed by atoms with Crippen molar-refractivity contribution in [2.24, 2.45) is 0 Å². The van der Waals surface area contributed by atoms with Gasteiger partial charge in [-0.2, -0.15) is 0 Å². The smallest absolute Gasteiger partial charge is 0.125 e. The molecule has 2 rings (SSSR count). The Hall–Kier alpha value is -0.840. The Morgan fingerprint density at radius 2 is 2.22 bits per heavy atom. The lowest BCUT2D eigenvalue weighted by molar-refractivity contribution is 0.181. The van der Waals surface area contributed by atoms with Crippen LogP contribution in [0.1, 0.15) is 25.2 Å². The van der Waals surface area contributed by atoms with Crippen LogP contribution in [0.3, 0.4) is 0 Å². The molecule has 0 saturated heterocycles. The first-order valence-electron chi connectivity index (χ1n) is 5.74. The van der Waals surface area contributed by atoms with Gasteiger partial charge in [-0.3, -0.25) is 4.98 Å². The Bertz CT molecular complexity index is 541. The Labute approximate surface area is 116 Å². The van der Waals surface area contributed by atoms with E-state index in [1.54, 1.807) is 19.5 Å². The summed E-state index contributed by atoms with van der Waals surface area (Å²) in [4.78, 5) is 8.51. The lowest BCUT2D eigenvalue weighted by atomic mass is 10.2. The average Bonchev–Trinajstić information content (AvgIpc) is 2.76. The fourth-order valence-electron chi connectivity index (χ4n) is 2.05. The van der Waals surface area contributed by atoms with Crippen LogP contribution in [-0.4, -0.2) is 28.3 Å². The SMILES string of the molecule is COCCC(C)n1c(CCl)nc2cncc(Cl)c21. The molecule has 0 amide bonds. The van der Waals surface area contributed by atoms with Gasteiger partial charge in [0.15, 0.2) is 0 Å². The third kappa shape index (κ3) is 2.46. The molecule has 2 aromatic rings. The van der Waals surface area contributed by atoms with Gasteiger partial charge >= 0.3 is 0 Å². The number of alkyl halides is 1. The average molecular weight is 288 g/mol. The van der Waals surface area contributed by atoms with E-state index in [0.29, 0.717) is 17.5 Å². The van der Waals surface area contributed by atoms with Crippen LogP contribution in [0.15, 0.2) is 12.4 Å². The Balaban J connectivity index is 2.52. The summed E-state index contributed by atoms with van der Waals surface area (Å²) in [5.41, 5.74) is 1.67. The van der Waals surface area contributed by atoms with Crippen molar-refractivity contribution in [3.8, 4) is 0 Å². The summed E-state index contributed by atoms with van der Waals surface area (Å²) < 4.78 is 7.19. The zero-order valence-corrected chi connectivity index (χ0v) is 11.9. The Morgan fingerprint density at radius 3 is 2.89 bits per heavy atom. The van der Waals surface area contributed by atoms with Gasteiger partial charge in [0.1, 0.15) is 11.3 Å². The van der Waals surface area contributed by atoms with E-state index in [9.17, 15) is 0 Å². The minimum atomic E-state index is 0.226. The first-order valence-corrected chi connectivity index (χ1v) is 6.65. The van der Waals surface area contributed by atoms with E-state index in [2.05, 4.69) is 21.5 Å². The van der Waals surface area contributed by atoms with E-state index >= 15 is 0 Å². The van der Waals surface area contributed by atoms with Crippen LogP contribution < -0.4 is 0 Å². The van der Waals surface area contributed by atoms with Gasteiger partial charge in [0.2, 0.25) is 0 Å². The highest BCUT2D eigenvalue weighted by Gasteiger charge is 2.17. The van der Waals surface area contributed by atoms with Crippen LogP contribution in [0, 0.1) is 0 Å². The first-order chi connectivity index (χ1) is 8.69. The van der Waals surface area contributed by atoms with Gasteiger partial charge in [0.05, 0.1) is 22.6 Å². The number of nitrogens with zero attached hydrogens (tertiary/aromatic N) is 3. The van der Waals surface area contributed by atoms with E-state index in [1.807, 2.05) is 0 Å². The molecule has 4 nitrogen and oxygen atoms in total. The van der Waals surface area contributed by atoms with E-state index in [4.69, 9.17) is 27.9 Å². The number of halogens is 2. The molecule has 1 unspecified atom stereocenters. The fraction of sp³-hybridized carbons (Fsp3) is 0.500. The largest absolute Gasteiger partial charge is 0.385 e. The minimum absolute atomic E-state index is 0.226. The number of ether oxygens (including phenoxy) is 1. The topological polar surface area (TPSA) is 39.9 Å². The molecular formula is C12H15Cl2N3O. The van der Waals surface area contributed by atoms with Gasteiger partial charge in [-0.25, -0.2) is 4.98 Å². The van der Waals surface area contributed by atoms with Crippen LogP contribution in [0.2, 0.25) is 5.02 Å². The third-order valence-electron chi connectivity index (χ3n) is 2.92. The van der Waals surface area contributed by atoms with E-state index < -0.39 is 0 Å². The summed E-state index contributed by atoms with van der Waals surface area (Å²) in [6.45, 7) is 2.79. The molecule has 2 aromatic heterocycles. The summed E-state index contributed by atoms with van der Waals surface area (Å²) >= 11 is 12.2. The molecule has 98 valence electrons. The number of hydrogen-bond acceptors (Lipinski definition) is 3. The maximum Gasteiger partial charge on any atom is 0.125 e. The van der Waals surface area contributed by atoms with Crippen LogP contribution >= 0.6 is 23.2 Å². The van der Waals surface area contributed by atoms with Crippen molar-refractivity contribution in [1.82, 2.24) is 14.5 Å². The van der Waals surface area contributed by atoms with Crippen LogP contribution in [0.5, 0.6) is 0 Å². The summed E-state index contributed by atoms with van der Waals surface area (Å²) in [7, 11) is 1.69. The number of hydrogen-bond donors (Lipinski definition) is 0. The van der Waals surface area contributed by atoms with Crippen molar-refractivity contribution in [2.45, 2.75) is 25.3 Å². The first kappa shape index (κ1) is 13.6. The van der Waals surface area contributed by atoms with E-state index in [0.717, 1.165) is 23.3 Å². The molecule has 18 heavy (non-hydrogen) atoms. The molecule has 0 aliphatic rings. The predicted molar refractivity (Wildman–Crippen MR) is 73.3 cm³/mol. The van der Waals surface area contributed by atoms with Gasteiger partial charge in [0, 0.05) is 26.0 Å². The van der Waals surface area contributed by atoms with Gasteiger partial charge in [-0.1, -0.05) is 11.6 Å². The second-order valence-electron chi connectivity index (χ2n) is 4.15. The standard InChI is InChI=1S/C12H15Cl2N3O/c1-8(3-4-18-2)17-11(5-13)16-10-7-15-6-9(14)12(10)17/h6-8H,3-5H2,1-2H3. The molecule has 6 heteroatoms. The molecule has 2 heterocycles. The highest BCUT2D eigenvalue weighted by atomic mass is 35.5. The molecular weight excluding hydrogens is 273 g/mol. The van der Waals surface area contributed by atoms with E-state index in [-0.39, 0.29) is 6.04 Å². The van der Waals surface area contributed by atoms with E-state index in [1.165, 1.54) is 0 Å². The molecule has 0 aromatic carbocycles. The highest BCUT2D eigenvalue weighted by Crippen LogP contribution is 2.28. The summed E-state index contributed by atoms with van der Waals surface area (Å²) in [6.07, 6.45) is 4.21. The van der Waals surface area contributed by atoms with Crippen molar-refractivity contribution in [3.05, 3.63) is 23.2 Å². The lowest BCUT2D eigenvalue weighted by Gasteiger charge is -2.16. The second-order valence-corrected chi connectivity index (χ2v) is 4.83. The third-order valence-corrected chi connectivity index (χ3v) is 3.44. The maximum absolute atomic E-state index is 6.21. The van der Waals surface area contributed by atoms with Crippen LogP contribution in [0.4, 0.5) is 0 Å². The van der Waals surface area contributed by atoms with Gasteiger partial charge in [-0.05, 0) is 13.3 Å². The van der Waals surface area contributed by atoms with Crippen molar-refractivity contribution in [1.29, 1.82) is 0 Å². The zero-order chi connectivity index (χ0) is 13.1. The van der Waals surface area contributed by atoms with Crippen LogP contribution in [0.25, 0.3) is 11.0 Å². The Kier molecular flexibility index (Phi) is 4.43. The van der Waals surface area contributed by atoms with Crippen molar-refractivity contribution in [2.75, 3.05) is 13.7 Å². The normalized spacial score (nSPS) is 13.1. The van der Waals surface area contributed by atoms with Crippen molar-refractivity contribution in [3.63, 3.8) is 0 Å². The molecule has 1 atom stereocenters. The summed E-state index contributed by atoms with van der Waals surface area (Å²) in [5.74, 6) is 1.16. The maximum atomic E-state index is 6.21. The lowest BCUT2D eigenvalue weighted by Crippen LogP contribution is -2.11. The Morgan fingerprint density at radius 1 is 1.44 bits per heavy atom. The molecule has 0 saturated carbocycles. The summed E-state index contributed by atoms with van der Waals surface area (Å²) in [6, 6.07) is 0.226. The van der Waals surface area contributed by atoms with Crippen LogP contribution in [-0.2, 0) is 10.6 Å². The molecule has 0 fully saturated rings. The predicted octanol–water partition coefficient (Wildman–Crippen LogP) is 3.42. The zero-order valence-electron chi connectivity index (χ0n) is 10.4. The monoisotopic (exact) mass is 287 g/mol. The van der Waals surface area contributed by atoms with Crippen molar-refractivity contribution < 1.29 is 4.74 Å². The molecule has 0 radical (unpaired) electrons.